The molecule has 0 saturated heterocycles. The van der Waals surface area contributed by atoms with Gasteiger partial charge in [-0.05, 0) is 30.9 Å². The zero-order valence-corrected chi connectivity index (χ0v) is 7.23. The minimum Gasteiger partial charge on any atom is -0.490 e. The topological polar surface area (TPSA) is 22.1 Å². The molecule has 0 aliphatic heterocycles. The lowest BCUT2D eigenvalue weighted by molar-refractivity contribution is 0.0738. The Kier molecular flexibility index (Phi) is 1.98. The third-order valence-electron chi connectivity index (χ3n) is 2.28. The number of rotatable bonds is 2. The summed E-state index contributed by atoms with van der Waals surface area (Å²) in [5.41, 5.74) is 0. The van der Waals surface area contributed by atoms with E-state index < -0.39 is 0 Å². The number of pyridine rings is 1. The molecule has 1 fully saturated rings. The summed E-state index contributed by atoms with van der Waals surface area (Å²) in [6.07, 6.45) is 6.36. The molecule has 0 amide bonds. The van der Waals surface area contributed by atoms with Crippen LogP contribution in [0.4, 0.5) is 0 Å². The average Bonchev–Trinajstić information content (AvgIpc) is 2.04. The second-order valence-corrected chi connectivity index (χ2v) is 3.50. The van der Waals surface area contributed by atoms with Crippen molar-refractivity contribution >= 4 is 0 Å². The maximum absolute atomic E-state index is 5.68. The second kappa shape index (κ2) is 3.13. The summed E-state index contributed by atoms with van der Waals surface area (Å²) < 4.78 is 5.68. The maximum atomic E-state index is 5.68. The van der Waals surface area contributed by atoms with Crippen LogP contribution in [-0.2, 0) is 0 Å². The number of aromatic nitrogens is 1. The van der Waals surface area contributed by atoms with Crippen molar-refractivity contribution in [1.29, 1.82) is 0 Å². The fraction of sp³-hybridized carbons (Fsp3) is 0.500. The Bertz CT molecular complexity index is 241. The van der Waals surface area contributed by atoms with E-state index in [1.807, 2.05) is 12.1 Å². The molecule has 0 atom stereocenters. The first-order chi connectivity index (χ1) is 5.84. The zero-order valence-electron chi connectivity index (χ0n) is 7.23. The van der Waals surface area contributed by atoms with Crippen LogP contribution in [0.5, 0.6) is 5.75 Å². The number of nitrogens with zero attached hydrogens (tertiary/aromatic N) is 1. The van der Waals surface area contributed by atoms with E-state index >= 15 is 0 Å². The van der Waals surface area contributed by atoms with Gasteiger partial charge in [0.15, 0.2) is 0 Å². The second-order valence-electron chi connectivity index (χ2n) is 3.50. The van der Waals surface area contributed by atoms with Gasteiger partial charge >= 0.3 is 0 Å². The van der Waals surface area contributed by atoms with Crippen molar-refractivity contribution in [3.63, 3.8) is 0 Å². The van der Waals surface area contributed by atoms with Gasteiger partial charge < -0.3 is 4.74 Å². The van der Waals surface area contributed by atoms with Crippen LogP contribution in [0.3, 0.4) is 0 Å². The van der Waals surface area contributed by atoms with E-state index in [-0.39, 0.29) is 0 Å². The van der Waals surface area contributed by atoms with Gasteiger partial charge in [0.05, 0.1) is 6.10 Å². The molecule has 1 aromatic heterocycles. The first-order valence-corrected chi connectivity index (χ1v) is 4.41. The first-order valence-electron chi connectivity index (χ1n) is 4.41. The van der Waals surface area contributed by atoms with Gasteiger partial charge in [-0.2, -0.15) is 0 Å². The van der Waals surface area contributed by atoms with Gasteiger partial charge in [-0.15, -0.1) is 0 Å². The summed E-state index contributed by atoms with van der Waals surface area (Å²) in [4.78, 5) is 3.93. The van der Waals surface area contributed by atoms with Crippen LogP contribution in [0.1, 0.15) is 19.8 Å². The van der Waals surface area contributed by atoms with E-state index in [4.69, 9.17) is 4.74 Å². The summed E-state index contributed by atoms with van der Waals surface area (Å²) in [7, 11) is 0. The highest BCUT2D eigenvalue weighted by Crippen LogP contribution is 2.30. The minimum atomic E-state index is 0.447. The van der Waals surface area contributed by atoms with E-state index in [0.29, 0.717) is 6.10 Å². The van der Waals surface area contributed by atoms with Crippen molar-refractivity contribution in [2.24, 2.45) is 5.92 Å². The molecule has 1 saturated carbocycles. The fourth-order valence-electron chi connectivity index (χ4n) is 1.53. The van der Waals surface area contributed by atoms with Gasteiger partial charge in [0.2, 0.25) is 0 Å². The minimum absolute atomic E-state index is 0.447. The molecule has 1 aliphatic rings. The smallest absolute Gasteiger partial charge is 0.122 e. The van der Waals surface area contributed by atoms with Gasteiger partial charge in [0, 0.05) is 12.4 Å². The molecule has 1 heterocycles. The monoisotopic (exact) mass is 163 g/mol. The Labute approximate surface area is 72.6 Å². The van der Waals surface area contributed by atoms with Gasteiger partial charge in [-0.25, -0.2) is 0 Å². The third kappa shape index (κ3) is 1.58. The Hall–Kier alpha value is -1.05. The summed E-state index contributed by atoms with van der Waals surface area (Å²) in [6, 6.07) is 3.81. The molecular weight excluding hydrogens is 150 g/mol. The van der Waals surface area contributed by atoms with E-state index in [0.717, 1.165) is 11.7 Å². The Morgan fingerprint density at radius 3 is 2.58 bits per heavy atom. The third-order valence-corrected chi connectivity index (χ3v) is 2.28. The molecule has 0 radical (unpaired) electrons. The van der Waals surface area contributed by atoms with Crippen molar-refractivity contribution in [2.45, 2.75) is 25.9 Å². The highest BCUT2D eigenvalue weighted by Gasteiger charge is 2.26. The SMILES string of the molecule is CC1CC(Oc2ccncc2)C1. The van der Waals surface area contributed by atoms with Crippen LogP contribution in [0.15, 0.2) is 24.5 Å². The molecule has 2 rings (SSSR count). The van der Waals surface area contributed by atoms with E-state index in [9.17, 15) is 0 Å². The van der Waals surface area contributed by atoms with Gasteiger partial charge in [-0.1, -0.05) is 6.92 Å². The van der Waals surface area contributed by atoms with Crippen molar-refractivity contribution in [1.82, 2.24) is 4.98 Å². The van der Waals surface area contributed by atoms with Crippen LogP contribution >= 0.6 is 0 Å². The molecule has 0 unspecified atom stereocenters. The number of hydrogen-bond acceptors (Lipinski definition) is 2. The Morgan fingerprint density at radius 1 is 1.33 bits per heavy atom. The van der Waals surface area contributed by atoms with E-state index in [1.165, 1.54) is 12.8 Å². The maximum Gasteiger partial charge on any atom is 0.122 e. The quantitative estimate of drug-likeness (QED) is 0.667. The van der Waals surface area contributed by atoms with Crippen LogP contribution in [0.25, 0.3) is 0 Å². The van der Waals surface area contributed by atoms with Gasteiger partial charge in [-0.3, -0.25) is 4.98 Å². The predicted octanol–water partition coefficient (Wildman–Crippen LogP) is 2.26. The lowest BCUT2D eigenvalue weighted by Crippen LogP contribution is -2.31. The number of hydrogen-bond donors (Lipinski definition) is 0. The Balaban J connectivity index is 1.88. The molecule has 2 nitrogen and oxygen atoms in total. The van der Waals surface area contributed by atoms with E-state index in [2.05, 4.69) is 11.9 Å². The molecule has 0 N–H and O–H groups in total. The zero-order chi connectivity index (χ0) is 8.39. The van der Waals surface area contributed by atoms with Crippen LogP contribution in [0, 0.1) is 5.92 Å². The van der Waals surface area contributed by atoms with Crippen molar-refractivity contribution in [2.75, 3.05) is 0 Å². The predicted molar refractivity (Wildman–Crippen MR) is 47.1 cm³/mol. The van der Waals surface area contributed by atoms with Gasteiger partial charge in [0.1, 0.15) is 5.75 Å². The highest BCUT2D eigenvalue weighted by atomic mass is 16.5. The van der Waals surface area contributed by atoms with Gasteiger partial charge in [0.25, 0.3) is 0 Å². The normalized spacial score (nSPS) is 27.8. The van der Waals surface area contributed by atoms with Crippen LogP contribution < -0.4 is 4.74 Å². The largest absolute Gasteiger partial charge is 0.490 e. The molecule has 0 aromatic carbocycles. The lowest BCUT2D eigenvalue weighted by Gasteiger charge is -2.32. The standard InChI is InChI=1S/C10H13NO/c1-8-6-10(7-8)12-9-2-4-11-5-3-9/h2-5,8,10H,6-7H2,1H3. The lowest BCUT2D eigenvalue weighted by atomic mass is 9.84. The molecule has 64 valence electrons. The number of ether oxygens (including phenoxy) is 1. The molecule has 1 aliphatic carbocycles. The van der Waals surface area contributed by atoms with Crippen molar-refractivity contribution in [3.05, 3.63) is 24.5 Å². The summed E-state index contributed by atoms with van der Waals surface area (Å²) in [5, 5.41) is 0. The molecule has 1 aromatic rings. The summed E-state index contributed by atoms with van der Waals surface area (Å²) >= 11 is 0. The van der Waals surface area contributed by atoms with Crippen LogP contribution in [0.2, 0.25) is 0 Å². The fourth-order valence-corrected chi connectivity index (χ4v) is 1.53. The Morgan fingerprint density at radius 2 is 2.00 bits per heavy atom. The highest BCUT2D eigenvalue weighted by molar-refractivity contribution is 5.17. The van der Waals surface area contributed by atoms with Crippen molar-refractivity contribution in [3.8, 4) is 5.75 Å². The molecule has 0 spiro atoms. The molecule has 2 heteroatoms. The summed E-state index contributed by atoms with van der Waals surface area (Å²) in [6.45, 7) is 2.26. The van der Waals surface area contributed by atoms with Crippen LogP contribution in [-0.4, -0.2) is 11.1 Å². The average molecular weight is 163 g/mol. The molecule has 12 heavy (non-hydrogen) atoms. The molecular formula is C10H13NO. The summed E-state index contributed by atoms with van der Waals surface area (Å²) in [5.74, 6) is 1.79. The van der Waals surface area contributed by atoms with Crippen molar-refractivity contribution < 1.29 is 4.74 Å². The molecule has 0 bridgehead atoms. The first kappa shape index (κ1) is 7.59. The van der Waals surface area contributed by atoms with E-state index in [1.54, 1.807) is 12.4 Å².